The number of carbonyl (C=O) groups excluding carboxylic acids is 6. The number of nitrogens with one attached hydrogen (secondary N) is 4. The highest BCUT2D eigenvalue weighted by Crippen LogP contribution is 2.13. The second-order valence-electron chi connectivity index (χ2n) is 11.2. The van der Waals surface area contributed by atoms with Crippen molar-refractivity contribution < 1.29 is 33.5 Å². The monoisotopic (exact) mass is 589 g/mol. The zero-order valence-electron chi connectivity index (χ0n) is 25.6. The molecule has 1 rings (SSSR count). The highest BCUT2D eigenvalue weighted by molar-refractivity contribution is 5.98. The fourth-order valence-electron chi connectivity index (χ4n) is 3.78. The van der Waals surface area contributed by atoms with E-state index in [0.29, 0.717) is 18.5 Å². The largest absolute Gasteiger partial charge is 0.461 e. The van der Waals surface area contributed by atoms with Gasteiger partial charge in [-0.25, -0.2) is 4.79 Å². The van der Waals surface area contributed by atoms with E-state index in [2.05, 4.69) is 21.3 Å². The molecule has 0 saturated carbocycles. The number of anilines is 1. The number of rotatable bonds is 18. The van der Waals surface area contributed by atoms with Gasteiger partial charge in [-0.1, -0.05) is 53.7 Å². The van der Waals surface area contributed by atoms with E-state index in [-0.39, 0.29) is 67.8 Å². The molecule has 0 unspecified atom stereocenters. The molecule has 0 aliphatic heterocycles. The first-order valence-electron chi connectivity index (χ1n) is 14.4. The van der Waals surface area contributed by atoms with Crippen LogP contribution in [0.15, 0.2) is 24.3 Å². The summed E-state index contributed by atoms with van der Waals surface area (Å²) in [5, 5.41) is 10.7. The van der Waals surface area contributed by atoms with Crippen LogP contribution in [0.4, 0.5) is 10.5 Å². The molecule has 12 heteroatoms. The summed E-state index contributed by atoms with van der Waals surface area (Å²) in [6.07, 6.45) is 1.31. The highest BCUT2D eigenvalue weighted by atomic mass is 16.5. The Morgan fingerprint density at radius 2 is 1.45 bits per heavy atom. The average Bonchev–Trinajstić information content (AvgIpc) is 2.91. The third kappa shape index (κ3) is 14.1. The molecule has 6 N–H and O–H groups in total. The molecule has 0 bridgehead atoms. The number of hydrogen-bond acceptors (Lipinski definition) is 7. The lowest BCUT2D eigenvalue weighted by Crippen LogP contribution is -2.54. The van der Waals surface area contributed by atoms with E-state index < -0.39 is 29.9 Å². The predicted molar refractivity (Wildman–Crippen MR) is 159 cm³/mol. The molecule has 0 aromatic heterocycles. The molecule has 0 radical (unpaired) electrons. The molecule has 0 fully saturated rings. The predicted octanol–water partition coefficient (Wildman–Crippen LogP) is 2.79. The number of Topliss-reactive ketones (excluding diaryl/α,β-unsaturated/α-hetero) is 1. The Morgan fingerprint density at radius 1 is 0.810 bits per heavy atom. The molecule has 1 aromatic carbocycles. The number of esters is 1. The lowest BCUT2D eigenvalue weighted by molar-refractivity contribution is -0.148. The number of urea groups is 1. The first kappa shape index (κ1) is 36.1. The van der Waals surface area contributed by atoms with Crippen molar-refractivity contribution in [3.63, 3.8) is 0 Å². The van der Waals surface area contributed by atoms with E-state index >= 15 is 0 Å². The average molecular weight is 590 g/mol. The summed E-state index contributed by atoms with van der Waals surface area (Å²) in [7, 11) is 0. The summed E-state index contributed by atoms with van der Waals surface area (Å²) < 4.78 is 5.22. The zero-order valence-corrected chi connectivity index (χ0v) is 25.6. The van der Waals surface area contributed by atoms with Crippen LogP contribution in [0, 0.1) is 17.8 Å². The molecule has 0 spiro atoms. The Labute approximate surface area is 248 Å². The molecular weight excluding hydrogens is 542 g/mol. The van der Waals surface area contributed by atoms with Crippen LogP contribution in [0.5, 0.6) is 0 Å². The molecule has 0 saturated heterocycles. The number of carbonyl (C=O) groups is 6. The van der Waals surface area contributed by atoms with Gasteiger partial charge < -0.3 is 31.7 Å². The summed E-state index contributed by atoms with van der Waals surface area (Å²) in [6, 6.07) is 4.18. The molecule has 0 heterocycles. The number of ether oxygens (including phenoxy) is 1. The molecule has 2 atom stereocenters. The first-order chi connectivity index (χ1) is 19.7. The third-order valence-electron chi connectivity index (χ3n) is 6.41. The van der Waals surface area contributed by atoms with E-state index in [4.69, 9.17) is 10.5 Å². The van der Waals surface area contributed by atoms with Crippen LogP contribution in [-0.4, -0.2) is 54.1 Å². The van der Waals surface area contributed by atoms with Gasteiger partial charge in [-0.05, 0) is 42.9 Å². The second kappa shape index (κ2) is 18.5. The number of ketones is 1. The fourth-order valence-corrected chi connectivity index (χ4v) is 3.78. The Hall–Kier alpha value is -3.96. The van der Waals surface area contributed by atoms with Gasteiger partial charge in [0.05, 0.1) is 5.92 Å². The van der Waals surface area contributed by atoms with Crippen molar-refractivity contribution in [2.24, 2.45) is 23.5 Å². The summed E-state index contributed by atoms with van der Waals surface area (Å²) in [6.45, 7) is 11.0. The van der Waals surface area contributed by atoms with E-state index in [0.717, 1.165) is 5.56 Å². The highest BCUT2D eigenvalue weighted by Gasteiger charge is 2.29. The summed E-state index contributed by atoms with van der Waals surface area (Å²) in [4.78, 5) is 73.5. The SMILES string of the molecule is CC(C)C(=O)CCCC(=O)N[C@H](C(=O)N[C@@H](CCCNC(N)=O)C(=O)Nc1ccc(COC(=O)C(C)C)cc1)C(C)C. The standard InChI is InChI=1S/C30H47N5O7/c1-18(2)24(36)10-7-11-25(37)35-26(19(3)4)28(39)34-23(9-8-16-32-30(31)41)27(38)33-22-14-12-21(13-15-22)17-42-29(40)20(5)6/h12-15,18-20,23,26H,7-11,16-17H2,1-6H3,(H,33,38)(H,34,39)(H,35,37)(H3,31,32,41)/t23-,26-/m0/s1. The van der Waals surface area contributed by atoms with Crippen LogP contribution in [0.25, 0.3) is 0 Å². The first-order valence-corrected chi connectivity index (χ1v) is 14.4. The minimum atomic E-state index is -0.972. The number of hydrogen-bond donors (Lipinski definition) is 5. The Balaban J connectivity index is 2.88. The maximum atomic E-state index is 13.2. The van der Waals surface area contributed by atoms with Crippen molar-refractivity contribution in [1.82, 2.24) is 16.0 Å². The van der Waals surface area contributed by atoms with Gasteiger partial charge in [0.2, 0.25) is 17.7 Å². The van der Waals surface area contributed by atoms with Crippen LogP contribution >= 0.6 is 0 Å². The second-order valence-corrected chi connectivity index (χ2v) is 11.2. The van der Waals surface area contributed by atoms with Crippen molar-refractivity contribution in [1.29, 1.82) is 0 Å². The maximum absolute atomic E-state index is 13.2. The van der Waals surface area contributed by atoms with Crippen molar-refractivity contribution in [2.45, 2.75) is 92.3 Å². The van der Waals surface area contributed by atoms with Crippen LogP contribution in [-0.2, 0) is 35.3 Å². The van der Waals surface area contributed by atoms with Crippen molar-refractivity contribution in [2.75, 3.05) is 11.9 Å². The Morgan fingerprint density at radius 3 is 2.00 bits per heavy atom. The van der Waals surface area contributed by atoms with Gasteiger partial charge in [0.25, 0.3) is 0 Å². The van der Waals surface area contributed by atoms with E-state index in [9.17, 15) is 28.8 Å². The number of amides is 5. The molecule has 0 aliphatic carbocycles. The number of nitrogens with two attached hydrogens (primary N) is 1. The van der Waals surface area contributed by atoms with E-state index in [1.165, 1.54) is 0 Å². The van der Waals surface area contributed by atoms with Crippen LogP contribution in [0.1, 0.15) is 79.2 Å². The summed E-state index contributed by atoms with van der Waals surface area (Å²) in [5.41, 5.74) is 6.33. The normalized spacial score (nSPS) is 12.4. The number of primary amides is 1. The van der Waals surface area contributed by atoms with Gasteiger partial charge in [0, 0.05) is 31.0 Å². The van der Waals surface area contributed by atoms with Gasteiger partial charge in [-0.2, -0.15) is 0 Å². The lowest BCUT2D eigenvalue weighted by Gasteiger charge is -2.25. The molecule has 0 aliphatic rings. The summed E-state index contributed by atoms with van der Waals surface area (Å²) in [5.74, 6) is -2.22. The minimum absolute atomic E-state index is 0.0739. The van der Waals surface area contributed by atoms with Crippen LogP contribution in [0.2, 0.25) is 0 Å². The zero-order chi connectivity index (χ0) is 31.8. The topological polar surface area (TPSA) is 186 Å². The van der Waals surface area contributed by atoms with Gasteiger partial charge in [0.1, 0.15) is 24.5 Å². The quantitative estimate of drug-likeness (QED) is 0.129. The lowest BCUT2D eigenvalue weighted by atomic mass is 10.0. The van der Waals surface area contributed by atoms with Crippen LogP contribution < -0.4 is 27.0 Å². The van der Waals surface area contributed by atoms with Gasteiger partial charge >= 0.3 is 12.0 Å². The molecule has 42 heavy (non-hydrogen) atoms. The Bertz CT molecular complexity index is 1070. The maximum Gasteiger partial charge on any atom is 0.312 e. The van der Waals surface area contributed by atoms with Gasteiger partial charge in [-0.15, -0.1) is 0 Å². The minimum Gasteiger partial charge on any atom is -0.461 e. The fraction of sp³-hybridized carbons (Fsp3) is 0.600. The molecular formula is C30H47N5O7. The number of benzene rings is 1. The van der Waals surface area contributed by atoms with Crippen LogP contribution in [0.3, 0.4) is 0 Å². The van der Waals surface area contributed by atoms with Crippen molar-refractivity contribution >= 4 is 41.2 Å². The van der Waals surface area contributed by atoms with E-state index in [1.54, 1.807) is 65.8 Å². The van der Waals surface area contributed by atoms with Gasteiger partial charge in [-0.3, -0.25) is 24.0 Å². The van der Waals surface area contributed by atoms with Crippen molar-refractivity contribution in [3.8, 4) is 0 Å². The van der Waals surface area contributed by atoms with E-state index in [1.807, 2.05) is 0 Å². The summed E-state index contributed by atoms with van der Waals surface area (Å²) >= 11 is 0. The molecule has 12 nitrogen and oxygen atoms in total. The smallest absolute Gasteiger partial charge is 0.312 e. The van der Waals surface area contributed by atoms with Crippen molar-refractivity contribution in [3.05, 3.63) is 29.8 Å². The molecule has 5 amide bonds. The Kier molecular flexibility index (Phi) is 15.9. The molecule has 234 valence electrons. The third-order valence-corrected chi connectivity index (χ3v) is 6.41. The van der Waals surface area contributed by atoms with Gasteiger partial charge in [0.15, 0.2) is 0 Å². The molecule has 1 aromatic rings.